The zero-order chi connectivity index (χ0) is 12.1. The molecule has 0 unspecified atom stereocenters. The summed E-state index contributed by atoms with van der Waals surface area (Å²) in [7, 11) is 1.27. The van der Waals surface area contributed by atoms with Gasteiger partial charge in [0.2, 0.25) is 19.5 Å². The van der Waals surface area contributed by atoms with Gasteiger partial charge in [0.1, 0.15) is 0 Å². The van der Waals surface area contributed by atoms with Gasteiger partial charge in [-0.15, -0.1) is 0 Å². The van der Waals surface area contributed by atoms with Gasteiger partial charge in [0.05, 0.1) is 0 Å². The Morgan fingerprint density at radius 1 is 0.812 bits per heavy atom. The summed E-state index contributed by atoms with van der Waals surface area (Å²) < 4.78 is 11.1. The highest BCUT2D eigenvalue weighted by molar-refractivity contribution is 6.51. The molecule has 0 saturated carbocycles. The largest absolute Gasteiger partial charge is 0.418 e. The van der Waals surface area contributed by atoms with Crippen LogP contribution in [-0.2, 0) is 8.85 Å². The Morgan fingerprint density at radius 3 is 1.88 bits per heavy atom. The Balaban J connectivity index is 3.48. The monoisotopic (exact) mass is 258 g/mol. The molecule has 0 saturated heterocycles. The maximum absolute atomic E-state index is 5.53. The Bertz CT molecular complexity index is 126. The van der Waals surface area contributed by atoms with Crippen LogP contribution in [0.3, 0.4) is 0 Å². The summed E-state index contributed by atoms with van der Waals surface area (Å²) in [5.74, 6) is 0. The minimum atomic E-state index is 0.633. The number of hydrogen-bond acceptors (Lipinski definition) is 2. The molecule has 0 aliphatic carbocycles. The second-order valence-corrected chi connectivity index (χ2v) is 6.88. The van der Waals surface area contributed by atoms with Crippen molar-refractivity contribution < 1.29 is 8.85 Å². The Hall–Kier alpha value is 0.354. The van der Waals surface area contributed by atoms with Crippen molar-refractivity contribution in [3.8, 4) is 0 Å². The van der Waals surface area contributed by atoms with E-state index >= 15 is 0 Å². The van der Waals surface area contributed by atoms with Crippen molar-refractivity contribution in [1.29, 1.82) is 0 Å². The SMILES string of the molecule is CCCCCCCC([Si]OCC)[Si]OCC. The van der Waals surface area contributed by atoms with Gasteiger partial charge in [0.15, 0.2) is 0 Å². The average Bonchev–Trinajstić information content (AvgIpc) is 2.31. The van der Waals surface area contributed by atoms with Gasteiger partial charge in [-0.1, -0.05) is 45.4 Å². The molecule has 0 aromatic rings. The van der Waals surface area contributed by atoms with Gasteiger partial charge in [0.25, 0.3) is 0 Å². The molecule has 4 heteroatoms. The Kier molecular flexibility index (Phi) is 13.7. The van der Waals surface area contributed by atoms with E-state index in [9.17, 15) is 0 Å². The molecule has 0 aromatic heterocycles. The van der Waals surface area contributed by atoms with E-state index in [-0.39, 0.29) is 0 Å². The summed E-state index contributed by atoms with van der Waals surface area (Å²) in [5, 5.41) is 0.654. The first kappa shape index (κ1) is 16.4. The third kappa shape index (κ3) is 10.9. The van der Waals surface area contributed by atoms with E-state index in [2.05, 4.69) is 20.8 Å². The zero-order valence-corrected chi connectivity index (χ0v) is 13.1. The fraction of sp³-hybridized carbons (Fsp3) is 1.00. The van der Waals surface area contributed by atoms with E-state index in [4.69, 9.17) is 8.85 Å². The van der Waals surface area contributed by atoms with Crippen LogP contribution in [0.25, 0.3) is 0 Å². The molecule has 0 aliphatic rings. The quantitative estimate of drug-likeness (QED) is 0.394. The summed E-state index contributed by atoms with van der Waals surface area (Å²) in [6.07, 6.45) is 8.08. The molecular weight excluding hydrogens is 232 g/mol. The number of rotatable bonds is 12. The first-order valence-corrected chi connectivity index (χ1v) is 8.56. The van der Waals surface area contributed by atoms with Crippen molar-refractivity contribution in [2.75, 3.05) is 13.2 Å². The Morgan fingerprint density at radius 2 is 1.38 bits per heavy atom. The van der Waals surface area contributed by atoms with Gasteiger partial charge in [-0.2, -0.15) is 0 Å². The van der Waals surface area contributed by atoms with E-state index in [0.29, 0.717) is 24.7 Å². The van der Waals surface area contributed by atoms with Gasteiger partial charge < -0.3 is 8.85 Å². The smallest absolute Gasteiger partial charge is 0.232 e. The van der Waals surface area contributed by atoms with Crippen LogP contribution in [0.15, 0.2) is 0 Å². The van der Waals surface area contributed by atoms with Crippen molar-refractivity contribution in [2.45, 2.75) is 64.5 Å². The first-order valence-electron chi connectivity index (χ1n) is 6.59. The highest BCUT2D eigenvalue weighted by Gasteiger charge is 2.13. The zero-order valence-electron chi connectivity index (χ0n) is 11.1. The van der Waals surface area contributed by atoms with E-state index in [0.717, 1.165) is 13.2 Å². The molecule has 0 bridgehead atoms. The molecule has 0 rings (SSSR count). The summed E-state index contributed by atoms with van der Waals surface area (Å²) >= 11 is 0. The number of hydrogen-bond donors (Lipinski definition) is 0. The topological polar surface area (TPSA) is 18.5 Å². The van der Waals surface area contributed by atoms with Crippen LogP contribution in [0.5, 0.6) is 0 Å². The molecule has 0 N–H and O–H groups in total. The maximum atomic E-state index is 5.53. The van der Waals surface area contributed by atoms with Crippen LogP contribution in [0.2, 0.25) is 5.16 Å². The normalized spacial score (nSPS) is 11.2. The standard InChI is InChI=1S/C12H26O2Si2/c1-4-7-8-9-10-11-12(15-13-5-2)16-14-6-3/h12H,4-11H2,1-3H3. The molecule has 4 radical (unpaired) electrons. The summed E-state index contributed by atoms with van der Waals surface area (Å²) in [6, 6.07) is 0. The van der Waals surface area contributed by atoms with Crippen LogP contribution in [0, 0.1) is 0 Å². The fourth-order valence-electron chi connectivity index (χ4n) is 1.46. The van der Waals surface area contributed by atoms with Crippen molar-refractivity contribution in [1.82, 2.24) is 0 Å². The van der Waals surface area contributed by atoms with Gasteiger partial charge in [-0.3, -0.25) is 0 Å². The third-order valence-corrected chi connectivity index (χ3v) is 5.10. The molecule has 2 nitrogen and oxygen atoms in total. The van der Waals surface area contributed by atoms with E-state index in [1.807, 2.05) is 0 Å². The van der Waals surface area contributed by atoms with E-state index < -0.39 is 0 Å². The van der Waals surface area contributed by atoms with E-state index in [1.54, 1.807) is 0 Å². The molecule has 0 aromatic carbocycles. The molecule has 0 heterocycles. The lowest BCUT2D eigenvalue weighted by atomic mass is 10.1. The highest BCUT2D eigenvalue weighted by atomic mass is 28.3. The second-order valence-electron chi connectivity index (χ2n) is 3.86. The predicted octanol–water partition coefficient (Wildman–Crippen LogP) is 3.40. The molecule has 94 valence electrons. The van der Waals surface area contributed by atoms with Crippen LogP contribution < -0.4 is 0 Å². The molecule has 0 spiro atoms. The number of unbranched alkanes of at least 4 members (excludes halogenated alkanes) is 4. The van der Waals surface area contributed by atoms with Crippen LogP contribution in [0.1, 0.15) is 59.3 Å². The van der Waals surface area contributed by atoms with Crippen molar-refractivity contribution in [3.05, 3.63) is 0 Å². The molecule has 16 heavy (non-hydrogen) atoms. The van der Waals surface area contributed by atoms with E-state index in [1.165, 1.54) is 38.5 Å². The van der Waals surface area contributed by atoms with Crippen LogP contribution in [0.4, 0.5) is 0 Å². The molecular formula is C12H26O2Si2. The average molecular weight is 259 g/mol. The predicted molar refractivity (Wildman–Crippen MR) is 71.9 cm³/mol. The minimum Gasteiger partial charge on any atom is -0.418 e. The minimum absolute atomic E-state index is 0.633. The van der Waals surface area contributed by atoms with Crippen molar-refractivity contribution >= 4 is 19.5 Å². The Labute approximate surface area is 106 Å². The maximum Gasteiger partial charge on any atom is 0.232 e. The summed E-state index contributed by atoms with van der Waals surface area (Å²) in [5.41, 5.74) is 0. The van der Waals surface area contributed by atoms with Crippen LogP contribution in [-0.4, -0.2) is 32.7 Å². The molecule has 0 fully saturated rings. The lowest BCUT2D eigenvalue weighted by Crippen LogP contribution is -2.17. The van der Waals surface area contributed by atoms with Gasteiger partial charge in [0, 0.05) is 13.2 Å². The summed E-state index contributed by atoms with van der Waals surface area (Å²) in [4.78, 5) is 0. The molecule has 0 aliphatic heterocycles. The lowest BCUT2D eigenvalue weighted by Gasteiger charge is -2.13. The first-order chi connectivity index (χ1) is 7.85. The van der Waals surface area contributed by atoms with Crippen molar-refractivity contribution in [3.63, 3.8) is 0 Å². The second kappa shape index (κ2) is 13.4. The van der Waals surface area contributed by atoms with Gasteiger partial charge in [-0.05, 0) is 19.0 Å². The lowest BCUT2D eigenvalue weighted by molar-refractivity contribution is 0.338. The van der Waals surface area contributed by atoms with Gasteiger partial charge in [-0.25, -0.2) is 0 Å². The third-order valence-electron chi connectivity index (χ3n) is 2.34. The fourth-order valence-corrected chi connectivity index (χ4v) is 3.53. The molecule has 0 amide bonds. The highest BCUT2D eigenvalue weighted by Crippen LogP contribution is 2.15. The van der Waals surface area contributed by atoms with Crippen LogP contribution >= 0.6 is 0 Å². The van der Waals surface area contributed by atoms with Gasteiger partial charge >= 0.3 is 0 Å². The van der Waals surface area contributed by atoms with Crippen molar-refractivity contribution in [2.24, 2.45) is 0 Å². The summed E-state index contributed by atoms with van der Waals surface area (Å²) in [6.45, 7) is 8.06. The molecule has 0 atom stereocenters.